The van der Waals surface area contributed by atoms with Gasteiger partial charge in [0, 0.05) is 17.8 Å². The van der Waals surface area contributed by atoms with E-state index in [1.807, 2.05) is 9.90 Å². The third kappa shape index (κ3) is 2.91. The van der Waals surface area contributed by atoms with Gasteiger partial charge < -0.3 is 10.0 Å². The number of hydrogen-bond donors (Lipinski definition) is 1. The molecule has 0 aromatic carbocycles. The Bertz CT molecular complexity index is 900. The van der Waals surface area contributed by atoms with E-state index < -0.39 is 6.10 Å². The second-order valence-corrected chi connectivity index (χ2v) is 8.02. The van der Waals surface area contributed by atoms with Crippen LogP contribution in [0.15, 0.2) is 17.0 Å². The van der Waals surface area contributed by atoms with Crippen molar-refractivity contribution >= 4 is 17.0 Å². The molecule has 1 saturated heterocycles. The fraction of sp³-hybridized carbons (Fsp3) is 0.556. The van der Waals surface area contributed by atoms with Crippen LogP contribution in [0.2, 0.25) is 0 Å². The van der Waals surface area contributed by atoms with E-state index in [1.54, 1.807) is 5.51 Å². The standard InChI is InChI=1S/C18H22N6OS/c25-16(15-10-26-11-19-15)9-23-6-4-12(5-7-23)18-21-20-17-8-13-2-1-3-14(13)22-24(17)18/h8,10-12,16,25H,1-7,9H2. The molecule has 5 rings (SSSR count). The van der Waals surface area contributed by atoms with Crippen molar-refractivity contribution in [3.8, 4) is 0 Å². The molecule has 136 valence electrons. The summed E-state index contributed by atoms with van der Waals surface area (Å²) in [6.07, 6.45) is 4.90. The highest BCUT2D eigenvalue weighted by Gasteiger charge is 2.27. The Morgan fingerprint density at radius 3 is 2.92 bits per heavy atom. The number of piperidine rings is 1. The summed E-state index contributed by atoms with van der Waals surface area (Å²) < 4.78 is 1.97. The lowest BCUT2D eigenvalue weighted by molar-refractivity contribution is 0.0940. The second-order valence-electron chi connectivity index (χ2n) is 7.30. The Kier molecular flexibility index (Phi) is 4.18. The zero-order chi connectivity index (χ0) is 17.5. The summed E-state index contributed by atoms with van der Waals surface area (Å²) in [6.45, 7) is 2.54. The molecule has 3 aromatic heterocycles. The summed E-state index contributed by atoms with van der Waals surface area (Å²) in [4.78, 5) is 6.53. The number of aryl methyl sites for hydroxylation is 2. The maximum atomic E-state index is 10.3. The summed E-state index contributed by atoms with van der Waals surface area (Å²) >= 11 is 1.52. The van der Waals surface area contributed by atoms with Gasteiger partial charge >= 0.3 is 0 Å². The van der Waals surface area contributed by atoms with Crippen molar-refractivity contribution in [2.75, 3.05) is 19.6 Å². The number of aliphatic hydroxyl groups is 1. The molecule has 1 fully saturated rings. The van der Waals surface area contributed by atoms with E-state index in [-0.39, 0.29) is 0 Å². The number of hydrogen-bond acceptors (Lipinski definition) is 7. The minimum Gasteiger partial charge on any atom is -0.385 e. The zero-order valence-electron chi connectivity index (χ0n) is 14.6. The van der Waals surface area contributed by atoms with Gasteiger partial charge in [-0.1, -0.05) is 0 Å². The normalized spacial score (nSPS) is 19.9. The van der Waals surface area contributed by atoms with Crippen LogP contribution in [0.5, 0.6) is 0 Å². The molecule has 2 aliphatic rings. The van der Waals surface area contributed by atoms with Crippen LogP contribution in [0, 0.1) is 0 Å². The number of rotatable bonds is 4. The van der Waals surface area contributed by atoms with Gasteiger partial charge in [0.2, 0.25) is 0 Å². The minimum atomic E-state index is -0.504. The van der Waals surface area contributed by atoms with Crippen molar-refractivity contribution < 1.29 is 5.11 Å². The van der Waals surface area contributed by atoms with Gasteiger partial charge in [-0.25, -0.2) is 4.98 Å². The van der Waals surface area contributed by atoms with Crippen molar-refractivity contribution in [3.63, 3.8) is 0 Å². The number of nitrogens with zero attached hydrogens (tertiary/aromatic N) is 6. The molecular weight excluding hydrogens is 348 g/mol. The van der Waals surface area contributed by atoms with E-state index >= 15 is 0 Å². The molecule has 0 radical (unpaired) electrons. The van der Waals surface area contributed by atoms with Gasteiger partial charge in [0.25, 0.3) is 0 Å². The quantitative estimate of drug-likeness (QED) is 0.757. The number of aromatic nitrogens is 5. The molecule has 1 N–H and O–H groups in total. The zero-order valence-corrected chi connectivity index (χ0v) is 15.4. The number of likely N-dealkylation sites (tertiary alicyclic amines) is 1. The fourth-order valence-corrected chi connectivity index (χ4v) is 4.75. The van der Waals surface area contributed by atoms with Crippen LogP contribution in [0.3, 0.4) is 0 Å². The fourth-order valence-electron chi connectivity index (χ4n) is 4.15. The molecule has 0 saturated carbocycles. The lowest BCUT2D eigenvalue weighted by atomic mass is 9.96. The highest BCUT2D eigenvalue weighted by molar-refractivity contribution is 7.07. The van der Waals surface area contributed by atoms with Crippen LogP contribution in [-0.2, 0) is 12.8 Å². The third-order valence-electron chi connectivity index (χ3n) is 5.62. The SMILES string of the molecule is OC(CN1CCC(c2nnc3cc4c(nn23)CCC4)CC1)c1cscn1. The predicted octanol–water partition coefficient (Wildman–Crippen LogP) is 1.98. The lowest BCUT2D eigenvalue weighted by Gasteiger charge is -2.32. The van der Waals surface area contributed by atoms with Crippen molar-refractivity contribution in [2.45, 2.75) is 44.1 Å². The van der Waals surface area contributed by atoms with Crippen molar-refractivity contribution in [1.29, 1.82) is 0 Å². The first-order chi connectivity index (χ1) is 12.8. The third-order valence-corrected chi connectivity index (χ3v) is 6.22. The molecule has 0 spiro atoms. The Hall–Kier alpha value is -1.90. The molecule has 1 unspecified atom stereocenters. The Morgan fingerprint density at radius 2 is 2.12 bits per heavy atom. The molecule has 8 heteroatoms. The summed E-state index contributed by atoms with van der Waals surface area (Å²) in [5.41, 5.74) is 5.97. The van der Waals surface area contributed by atoms with E-state index in [4.69, 9.17) is 5.10 Å². The summed E-state index contributed by atoms with van der Waals surface area (Å²) in [5.74, 6) is 1.37. The monoisotopic (exact) mass is 370 g/mol. The Morgan fingerprint density at radius 1 is 1.23 bits per heavy atom. The number of β-amino-alcohol motifs (C(OH)–C–C–N with tert-alkyl or cyclic N) is 1. The van der Waals surface area contributed by atoms with Crippen LogP contribution in [0.25, 0.3) is 5.65 Å². The van der Waals surface area contributed by atoms with Gasteiger partial charge in [0.1, 0.15) is 6.10 Å². The van der Waals surface area contributed by atoms with E-state index in [1.165, 1.54) is 29.0 Å². The molecule has 1 aliphatic heterocycles. The molecule has 4 heterocycles. The molecule has 1 atom stereocenters. The van der Waals surface area contributed by atoms with Crippen molar-refractivity contribution in [2.24, 2.45) is 0 Å². The molecule has 0 bridgehead atoms. The highest BCUT2D eigenvalue weighted by atomic mass is 32.1. The molecule has 1 aliphatic carbocycles. The predicted molar refractivity (Wildman–Crippen MR) is 98.3 cm³/mol. The topological polar surface area (TPSA) is 79.4 Å². The van der Waals surface area contributed by atoms with Gasteiger partial charge in [0.15, 0.2) is 11.5 Å². The Labute approximate surface area is 155 Å². The van der Waals surface area contributed by atoms with Crippen LogP contribution in [0.1, 0.15) is 54.1 Å². The maximum Gasteiger partial charge on any atom is 0.178 e. The van der Waals surface area contributed by atoms with E-state index in [0.717, 1.165) is 55.9 Å². The highest BCUT2D eigenvalue weighted by Crippen LogP contribution is 2.29. The summed E-state index contributed by atoms with van der Waals surface area (Å²) in [7, 11) is 0. The molecule has 0 amide bonds. The average molecular weight is 370 g/mol. The first-order valence-electron chi connectivity index (χ1n) is 9.30. The van der Waals surface area contributed by atoms with Gasteiger partial charge in [-0.15, -0.1) is 21.5 Å². The minimum absolute atomic E-state index is 0.379. The second kappa shape index (κ2) is 6.68. The van der Waals surface area contributed by atoms with Crippen LogP contribution >= 0.6 is 11.3 Å². The average Bonchev–Trinajstić information content (AvgIpc) is 3.40. The summed E-state index contributed by atoms with van der Waals surface area (Å²) in [5, 5.41) is 25.9. The van der Waals surface area contributed by atoms with Crippen molar-refractivity contribution in [1.82, 2.24) is 29.7 Å². The van der Waals surface area contributed by atoms with Crippen LogP contribution in [0.4, 0.5) is 0 Å². The van der Waals surface area contributed by atoms with Gasteiger partial charge in [0.05, 0.1) is 16.9 Å². The van der Waals surface area contributed by atoms with E-state index in [0.29, 0.717) is 12.5 Å². The van der Waals surface area contributed by atoms with Gasteiger partial charge in [-0.3, -0.25) is 0 Å². The smallest absolute Gasteiger partial charge is 0.178 e. The Balaban J connectivity index is 1.28. The largest absolute Gasteiger partial charge is 0.385 e. The lowest BCUT2D eigenvalue weighted by Crippen LogP contribution is -2.36. The number of aliphatic hydroxyl groups excluding tert-OH is 1. The van der Waals surface area contributed by atoms with E-state index in [9.17, 15) is 5.11 Å². The first kappa shape index (κ1) is 16.3. The molecule has 26 heavy (non-hydrogen) atoms. The first-order valence-corrected chi connectivity index (χ1v) is 10.2. The van der Waals surface area contributed by atoms with Gasteiger partial charge in [-0.05, 0) is 56.8 Å². The molecule has 3 aromatic rings. The van der Waals surface area contributed by atoms with Crippen LogP contribution < -0.4 is 0 Å². The van der Waals surface area contributed by atoms with E-state index in [2.05, 4.69) is 26.1 Å². The maximum absolute atomic E-state index is 10.3. The van der Waals surface area contributed by atoms with Gasteiger partial charge in [-0.2, -0.15) is 9.61 Å². The summed E-state index contributed by atoms with van der Waals surface area (Å²) in [6, 6.07) is 2.16. The molecule has 7 nitrogen and oxygen atoms in total. The van der Waals surface area contributed by atoms with Crippen molar-refractivity contribution in [3.05, 3.63) is 39.7 Å². The number of fused-ring (bicyclic) bond motifs is 2. The number of thiazole rings is 1. The molecular formula is C18H22N6OS. The van der Waals surface area contributed by atoms with Crippen LogP contribution in [-0.4, -0.2) is 54.4 Å².